The van der Waals surface area contributed by atoms with E-state index in [-0.39, 0.29) is 12.5 Å². The third kappa shape index (κ3) is 3.73. The molecule has 1 aromatic rings. The third-order valence-electron chi connectivity index (χ3n) is 5.56. The summed E-state index contributed by atoms with van der Waals surface area (Å²) in [5.74, 6) is -0.0756. The Balaban J connectivity index is 1.61. The van der Waals surface area contributed by atoms with E-state index in [0.717, 1.165) is 58.4 Å². The first-order valence-electron chi connectivity index (χ1n) is 9.16. The molecule has 0 unspecified atom stereocenters. The average Bonchev–Trinajstić information content (AvgIpc) is 3.11. The van der Waals surface area contributed by atoms with Crippen molar-refractivity contribution in [2.75, 3.05) is 44.2 Å². The Labute approximate surface area is 144 Å². The lowest BCUT2D eigenvalue weighted by molar-refractivity contribution is 0.0838. The van der Waals surface area contributed by atoms with Crippen molar-refractivity contribution in [3.63, 3.8) is 0 Å². The maximum atomic E-state index is 12.5. The van der Waals surface area contributed by atoms with E-state index >= 15 is 0 Å². The molecule has 5 heteroatoms. The van der Waals surface area contributed by atoms with Gasteiger partial charge in [-0.2, -0.15) is 0 Å². The van der Waals surface area contributed by atoms with Crippen LogP contribution in [0.25, 0.3) is 0 Å². The molecule has 1 heterocycles. The number of hydrogen-bond donors (Lipinski definition) is 2. The van der Waals surface area contributed by atoms with Gasteiger partial charge in [0.15, 0.2) is 0 Å². The maximum Gasteiger partial charge on any atom is 0.251 e. The van der Waals surface area contributed by atoms with Crippen molar-refractivity contribution in [2.45, 2.75) is 38.1 Å². The molecule has 1 aliphatic heterocycles. The van der Waals surface area contributed by atoms with E-state index in [0.29, 0.717) is 5.56 Å². The molecule has 2 N–H and O–H groups in total. The SMILES string of the molecule is CCN1CCN(c2ccc(C(=O)NC3(CO)CCCC3)cc2)CC1. The highest BCUT2D eigenvalue weighted by Gasteiger charge is 2.34. The van der Waals surface area contributed by atoms with Crippen LogP contribution in [0.1, 0.15) is 43.0 Å². The van der Waals surface area contributed by atoms with Crippen molar-refractivity contribution in [3.8, 4) is 0 Å². The van der Waals surface area contributed by atoms with Crippen LogP contribution in [0.3, 0.4) is 0 Å². The summed E-state index contributed by atoms with van der Waals surface area (Å²) in [6.07, 6.45) is 3.89. The maximum absolute atomic E-state index is 12.5. The van der Waals surface area contributed by atoms with Gasteiger partial charge < -0.3 is 20.2 Å². The van der Waals surface area contributed by atoms with Gasteiger partial charge in [0.1, 0.15) is 0 Å². The Hall–Kier alpha value is -1.59. The lowest BCUT2D eigenvalue weighted by Gasteiger charge is -2.35. The molecule has 1 amide bonds. The lowest BCUT2D eigenvalue weighted by atomic mass is 9.98. The van der Waals surface area contributed by atoms with E-state index in [1.165, 1.54) is 5.69 Å². The second kappa shape index (κ2) is 7.53. The Morgan fingerprint density at radius 3 is 2.29 bits per heavy atom. The zero-order chi connectivity index (χ0) is 17.0. The van der Waals surface area contributed by atoms with Crippen LogP contribution in [0.2, 0.25) is 0 Å². The van der Waals surface area contributed by atoms with E-state index in [2.05, 4.69) is 22.0 Å². The molecule has 0 atom stereocenters. The smallest absolute Gasteiger partial charge is 0.251 e. The summed E-state index contributed by atoms with van der Waals surface area (Å²) >= 11 is 0. The number of anilines is 1. The number of benzene rings is 1. The van der Waals surface area contributed by atoms with Gasteiger partial charge in [0.2, 0.25) is 0 Å². The zero-order valence-corrected chi connectivity index (χ0v) is 14.6. The van der Waals surface area contributed by atoms with E-state index < -0.39 is 5.54 Å². The largest absolute Gasteiger partial charge is 0.394 e. The van der Waals surface area contributed by atoms with Crippen LogP contribution in [-0.4, -0.2) is 60.8 Å². The van der Waals surface area contributed by atoms with Gasteiger partial charge in [-0.25, -0.2) is 0 Å². The van der Waals surface area contributed by atoms with Crippen molar-refractivity contribution in [2.24, 2.45) is 0 Å². The fourth-order valence-corrected chi connectivity index (χ4v) is 3.83. The summed E-state index contributed by atoms with van der Waals surface area (Å²) in [7, 11) is 0. The van der Waals surface area contributed by atoms with E-state index in [1.807, 2.05) is 24.3 Å². The summed E-state index contributed by atoms with van der Waals surface area (Å²) in [5.41, 5.74) is 1.44. The minimum absolute atomic E-state index is 0.0263. The molecule has 3 rings (SSSR count). The Kier molecular flexibility index (Phi) is 5.41. The number of carbonyl (C=O) groups is 1. The van der Waals surface area contributed by atoms with Gasteiger partial charge in [-0.15, -0.1) is 0 Å². The van der Waals surface area contributed by atoms with Crippen LogP contribution in [0.15, 0.2) is 24.3 Å². The van der Waals surface area contributed by atoms with Crippen molar-refractivity contribution in [1.82, 2.24) is 10.2 Å². The number of likely N-dealkylation sites (N-methyl/N-ethyl adjacent to an activating group) is 1. The molecule has 0 aromatic heterocycles. The van der Waals surface area contributed by atoms with Crippen LogP contribution in [0.4, 0.5) is 5.69 Å². The summed E-state index contributed by atoms with van der Waals surface area (Å²) in [6.45, 7) is 7.60. The predicted molar refractivity (Wildman–Crippen MR) is 96.5 cm³/mol. The summed E-state index contributed by atoms with van der Waals surface area (Å²) < 4.78 is 0. The van der Waals surface area contributed by atoms with E-state index in [1.54, 1.807) is 0 Å². The average molecular weight is 331 g/mol. The first kappa shape index (κ1) is 17.2. The van der Waals surface area contributed by atoms with Crippen molar-refractivity contribution >= 4 is 11.6 Å². The number of rotatable bonds is 5. The van der Waals surface area contributed by atoms with Crippen LogP contribution in [0, 0.1) is 0 Å². The molecule has 2 fully saturated rings. The van der Waals surface area contributed by atoms with Crippen LogP contribution in [-0.2, 0) is 0 Å². The Morgan fingerprint density at radius 2 is 1.75 bits per heavy atom. The molecular weight excluding hydrogens is 302 g/mol. The lowest BCUT2D eigenvalue weighted by Crippen LogP contribution is -2.49. The fraction of sp³-hybridized carbons (Fsp3) is 0.632. The molecule has 1 saturated carbocycles. The number of nitrogens with zero attached hydrogens (tertiary/aromatic N) is 2. The minimum Gasteiger partial charge on any atom is -0.394 e. The van der Waals surface area contributed by atoms with Crippen molar-refractivity contribution < 1.29 is 9.90 Å². The normalized spacial score (nSPS) is 21.0. The highest BCUT2D eigenvalue weighted by molar-refractivity contribution is 5.95. The van der Waals surface area contributed by atoms with Crippen LogP contribution in [0.5, 0.6) is 0 Å². The number of aliphatic hydroxyl groups excluding tert-OH is 1. The molecule has 1 aromatic carbocycles. The van der Waals surface area contributed by atoms with Crippen LogP contribution >= 0.6 is 0 Å². The Morgan fingerprint density at radius 1 is 1.12 bits per heavy atom. The molecule has 2 aliphatic rings. The molecule has 0 bridgehead atoms. The van der Waals surface area contributed by atoms with Gasteiger partial charge in [0.05, 0.1) is 12.1 Å². The topological polar surface area (TPSA) is 55.8 Å². The predicted octanol–water partition coefficient (Wildman–Crippen LogP) is 1.86. The van der Waals surface area contributed by atoms with Gasteiger partial charge in [-0.1, -0.05) is 19.8 Å². The summed E-state index contributed by atoms with van der Waals surface area (Å²) in [4.78, 5) is 17.3. The van der Waals surface area contributed by atoms with E-state index in [9.17, 15) is 9.90 Å². The molecule has 1 saturated heterocycles. The van der Waals surface area contributed by atoms with Crippen LogP contribution < -0.4 is 10.2 Å². The molecular formula is C19H29N3O2. The first-order chi connectivity index (χ1) is 11.7. The molecule has 132 valence electrons. The van der Waals surface area contributed by atoms with Crippen molar-refractivity contribution in [1.29, 1.82) is 0 Å². The fourth-order valence-electron chi connectivity index (χ4n) is 3.83. The summed E-state index contributed by atoms with van der Waals surface area (Å²) in [5, 5.41) is 12.7. The summed E-state index contributed by atoms with van der Waals surface area (Å²) in [6, 6.07) is 7.88. The minimum atomic E-state index is -0.410. The van der Waals surface area contributed by atoms with Gasteiger partial charge in [-0.3, -0.25) is 4.79 Å². The molecule has 24 heavy (non-hydrogen) atoms. The molecule has 0 radical (unpaired) electrons. The number of aliphatic hydroxyl groups is 1. The second-order valence-corrected chi connectivity index (χ2v) is 7.07. The first-order valence-corrected chi connectivity index (χ1v) is 9.16. The number of carbonyl (C=O) groups excluding carboxylic acids is 1. The number of piperazine rings is 1. The molecule has 0 spiro atoms. The second-order valence-electron chi connectivity index (χ2n) is 7.07. The van der Waals surface area contributed by atoms with Crippen molar-refractivity contribution in [3.05, 3.63) is 29.8 Å². The number of amides is 1. The number of hydrogen-bond acceptors (Lipinski definition) is 4. The van der Waals surface area contributed by atoms with E-state index in [4.69, 9.17) is 0 Å². The highest BCUT2D eigenvalue weighted by atomic mass is 16.3. The monoisotopic (exact) mass is 331 g/mol. The molecule has 1 aliphatic carbocycles. The number of nitrogens with one attached hydrogen (secondary N) is 1. The van der Waals surface area contributed by atoms with Gasteiger partial charge in [0, 0.05) is 37.4 Å². The quantitative estimate of drug-likeness (QED) is 0.865. The standard InChI is InChI=1S/C19H29N3O2/c1-2-21-11-13-22(14-12-21)17-7-5-16(6-8-17)18(24)20-19(15-23)9-3-4-10-19/h5-8,23H,2-4,9-15H2,1H3,(H,20,24). The van der Waals surface area contributed by atoms with Gasteiger partial charge in [-0.05, 0) is 43.7 Å². The van der Waals surface area contributed by atoms with Gasteiger partial charge >= 0.3 is 0 Å². The third-order valence-corrected chi connectivity index (χ3v) is 5.56. The molecule has 5 nitrogen and oxygen atoms in total. The Bertz CT molecular complexity index is 544. The highest BCUT2D eigenvalue weighted by Crippen LogP contribution is 2.29. The van der Waals surface area contributed by atoms with Gasteiger partial charge in [0.25, 0.3) is 5.91 Å². The zero-order valence-electron chi connectivity index (χ0n) is 14.6.